The summed E-state index contributed by atoms with van der Waals surface area (Å²) in [5.74, 6) is 0. The summed E-state index contributed by atoms with van der Waals surface area (Å²) >= 11 is 0. The van der Waals surface area contributed by atoms with E-state index in [1.165, 1.54) is 0 Å². The van der Waals surface area contributed by atoms with E-state index in [9.17, 15) is 4.79 Å². The van der Waals surface area contributed by atoms with Crippen LogP contribution >= 0.6 is 0 Å². The van der Waals surface area contributed by atoms with Gasteiger partial charge in [0.2, 0.25) is 0 Å². The van der Waals surface area contributed by atoms with Crippen LogP contribution in [0.1, 0.15) is 13.8 Å². The SMILES string of the molecule is CCN(CC)c1ccc2cc(-c3cn(-c4ccc(N5CCOCCOCCOCCOCCOCC5)cc4)nn3)c(=O)oc2c1. The van der Waals surface area contributed by atoms with Crippen LogP contribution in [0, 0.1) is 0 Å². The molecule has 0 N–H and O–H groups in total. The van der Waals surface area contributed by atoms with Gasteiger partial charge in [0.15, 0.2) is 0 Å². The Balaban J connectivity index is 1.25. The fraction of sp³-hybridized carbons (Fsp3) is 0.485. The molecular formula is C33H43N5O7. The maximum absolute atomic E-state index is 13.0. The molecule has 12 heteroatoms. The summed E-state index contributed by atoms with van der Waals surface area (Å²) < 4.78 is 35.6. The minimum absolute atomic E-state index is 0.369. The first-order valence-electron chi connectivity index (χ1n) is 15.7. The number of fused-ring (bicyclic) bond motifs is 1. The van der Waals surface area contributed by atoms with Gasteiger partial charge in [0.25, 0.3) is 0 Å². The molecule has 0 atom stereocenters. The molecule has 3 heterocycles. The van der Waals surface area contributed by atoms with Crippen molar-refractivity contribution >= 4 is 22.3 Å². The first-order chi connectivity index (χ1) is 22.2. The van der Waals surface area contributed by atoms with Crippen molar-refractivity contribution in [2.24, 2.45) is 0 Å². The Morgan fingerprint density at radius 1 is 0.711 bits per heavy atom. The highest BCUT2D eigenvalue weighted by atomic mass is 16.6. The lowest BCUT2D eigenvalue weighted by Crippen LogP contribution is -2.31. The van der Waals surface area contributed by atoms with Gasteiger partial charge in [-0.25, -0.2) is 9.48 Å². The second-order valence-corrected chi connectivity index (χ2v) is 10.5. The molecule has 0 aliphatic carbocycles. The zero-order chi connectivity index (χ0) is 31.3. The summed E-state index contributed by atoms with van der Waals surface area (Å²) in [5, 5.41) is 9.41. The molecule has 0 bridgehead atoms. The third-order valence-electron chi connectivity index (χ3n) is 7.60. The van der Waals surface area contributed by atoms with E-state index in [4.69, 9.17) is 28.1 Å². The normalized spacial score (nSPS) is 16.7. The molecule has 1 aliphatic heterocycles. The third kappa shape index (κ3) is 9.12. The number of hydrogen-bond acceptors (Lipinski definition) is 11. The van der Waals surface area contributed by atoms with Crippen molar-refractivity contribution in [2.45, 2.75) is 13.8 Å². The van der Waals surface area contributed by atoms with Gasteiger partial charge in [0.1, 0.15) is 11.3 Å². The number of aromatic nitrogens is 3. The maximum Gasteiger partial charge on any atom is 0.345 e. The Labute approximate surface area is 263 Å². The van der Waals surface area contributed by atoms with Gasteiger partial charge in [-0.2, -0.15) is 0 Å². The lowest BCUT2D eigenvalue weighted by Gasteiger charge is -2.25. The molecule has 1 aliphatic rings. The molecule has 2 aromatic carbocycles. The van der Waals surface area contributed by atoms with Crippen LogP contribution in [0.5, 0.6) is 0 Å². The van der Waals surface area contributed by atoms with Crippen LogP contribution in [0.4, 0.5) is 11.4 Å². The highest BCUT2D eigenvalue weighted by molar-refractivity contribution is 5.84. The van der Waals surface area contributed by atoms with Gasteiger partial charge in [-0.15, -0.1) is 5.10 Å². The summed E-state index contributed by atoms with van der Waals surface area (Å²) in [7, 11) is 0. The summed E-state index contributed by atoms with van der Waals surface area (Å²) in [6, 6.07) is 15.8. The molecular weight excluding hydrogens is 578 g/mol. The molecule has 12 nitrogen and oxygen atoms in total. The fourth-order valence-corrected chi connectivity index (χ4v) is 5.09. The summed E-state index contributed by atoms with van der Waals surface area (Å²) in [6.45, 7) is 12.7. The third-order valence-corrected chi connectivity index (χ3v) is 7.60. The number of nitrogens with zero attached hydrogens (tertiary/aromatic N) is 5. The predicted molar refractivity (Wildman–Crippen MR) is 173 cm³/mol. The second-order valence-electron chi connectivity index (χ2n) is 10.5. The Morgan fingerprint density at radius 3 is 1.84 bits per heavy atom. The predicted octanol–water partition coefficient (Wildman–Crippen LogP) is 3.79. The molecule has 4 aromatic rings. The topological polar surface area (TPSA) is 114 Å². The van der Waals surface area contributed by atoms with Crippen molar-refractivity contribution in [3.8, 4) is 16.9 Å². The van der Waals surface area contributed by atoms with E-state index in [-0.39, 0.29) is 0 Å². The van der Waals surface area contributed by atoms with Crippen molar-refractivity contribution < 1.29 is 28.1 Å². The molecule has 0 amide bonds. The quantitative estimate of drug-likeness (QED) is 0.293. The van der Waals surface area contributed by atoms with Crippen molar-refractivity contribution in [3.63, 3.8) is 0 Å². The summed E-state index contributed by atoms with van der Waals surface area (Å²) in [5.41, 5.74) is 3.79. The zero-order valence-electron chi connectivity index (χ0n) is 26.2. The van der Waals surface area contributed by atoms with Gasteiger partial charge in [0, 0.05) is 49.0 Å². The Hall–Kier alpha value is -3.81. The van der Waals surface area contributed by atoms with Crippen LogP contribution in [-0.4, -0.2) is 107 Å². The molecule has 0 spiro atoms. The van der Waals surface area contributed by atoms with E-state index < -0.39 is 5.63 Å². The highest BCUT2D eigenvalue weighted by Crippen LogP contribution is 2.25. The lowest BCUT2D eigenvalue weighted by molar-refractivity contribution is -0.0116. The van der Waals surface area contributed by atoms with Gasteiger partial charge in [-0.1, -0.05) is 5.21 Å². The molecule has 0 unspecified atom stereocenters. The van der Waals surface area contributed by atoms with E-state index >= 15 is 0 Å². The number of anilines is 2. The van der Waals surface area contributed by atoms with Crippen molar-refractivity contribution in [2.75, 3.05) is 102 Å². The minimum Gasteiger partial charge on any atom is -0.422 e. The Morgan fingerprint density at radius 2 is 1.27 bits per heavy atom. The first kappa shape index (κ1) is 32.6. The second kappa shape index (κ2) is 17.0. The van der Waals surface area contributed by atoms with Crippen LogP contribution < -0.4 is 15.4 Å². The van der Waals surface area contributed by atoms with Crippen LogP contribution in [-0.2, 0) is 23.7 Å². The average molecular weight is 622 g/mol. The van der Waals surface area contributed by atoms with E-state index in [2.05, 4.69) is 34.0 Å². The van der Waals surface area contributed by atoms with E-state index in [0.717, 1.165) is 35.5 Å². The van der Waals surface area contributed by atoms with Crippen molar-refractivity contribution in [3.05, 3.63) is 65.1 Å². The van der Waals surface area contributed by atoms with E-state index in [1.54, 1.807) is 10.9 Å². The molecule has 5 rings (SSSR count). The molecule has 45 heavy (non-hydrogen) atoms. The zero-order valence-corrected chi connectivity index (χ0v) is 26.2. The molecule has 0 saturated carbocycles. The maximum atomic E-state index is 13.0. The summed E-state index contributed by atoms with van der Waals surface area (Å²) in [6.07, 6.45) is 1.74. The molecule has 0 radical (unpaired) electrons. The molecule has 1 saturated heterocycles. The summed E-state index contributed by atoms with van der Waals surface area (Å²) in [4.78, 5) is 17.4. The smallest absolute Gasteiger partial charge is 0.345 e. The highest BCUT2D eigenvalue weighted by Gasteiger charge is 2.14. The van der Waals surface area contributed by atoms with Gasteiger partial charge in [0.05, 0.1) is 83.5 Å². The standard InChI is InChI=1S/C33H43N5O7/c1-3-36(4-2)29-6-5-26-23-30(33(39)45-32(26)24-29)31-25-38(35-34-31)28-9-7-27(8-10-28)37-11-13-40-15-17-42-19-21-44-22-20-43-18-16-41-14-12-37/h5-10,23-25H,3-4,11-22H2,1-2H3. The number of ether oxygens (including phenoxy) is 5. The molecule has 1 fully saturated rings. The van der Waals surface area contributed by atoms with Crippen molar-refractivity contribution in [1.82, 2.24) is 15.0 Å². The van der Waals surface area contributed by atoms with Gasteiger partial charge >= 0.3 is 5.63 Å². The van der Waals surface area contributed by atoms with Crippen LogP contribution in [0.15, 0.2) is 63.9 Å². The average Bonchev–Trinajstić information content (AvgIpc) is 3.55. The van der Waals surface area contributed by atoms with E-state index in [1.807, 2.05) is 48.5 Å². The van der Waals surface area contributed by atoms with Gasteiger partial charge in [-0.3, -0.25) is 0 Å². The molecule has 242 valence electrons. The van der Waals surface area contributed by atoms with Crippen LogP contribution in [0.3, 0.4) is 0 Å². The minimum atomic E-state index is -0.447. The Kier molecular flexibility index (Phi) is 12.3. The van der Waals surface area contributed by atoms with Crippen LogP contribution in [0.25, 0.3) is 27.9 Å². The first-order valence-corrected chi connectivity index (χ1v) is 15.7. The van der Waals surface area contributed by atoms with Crippen molar-refractivity contribution in [1.29, 1.82) is 0 Å². The number of rotatable bonds is 6. The fourth-order valence-electron chi connectivity index (χ4n) is 5.09. The largest absolute Gasteiger partial charge is 0.422 e. The number of benzene rings is 2. The van der Waals surface area contributed by atoms with Gasteiger partial charge < -0.3 is 37.9 Å². The lowest BCUT2D eigenvalue weighted by atomic mass is 10.1. The monoisotopic (exact) mass is 621 g/mol. The molecule has 2 aromatic heterocycles. The Bertz CT molecular complexity index is 1500. The van der Waals surface area contributed by atoms with Gasteiger partial charge in [-0.05, 0) is 56.3 Å². The van der Waals surface area contributed by atoms with E-state index in [0.29, 0.717) is 96.0 Å². The number of hydrogen-bond donors (Lipinski definition) is 0. The van der Waals surface area contributed by atoms with Crippen LogP contribution in [0.2, 0.25) is 0 Å².